The number of ether oxygens (including phenoxy) is 1. The molecular formula is C17H27N3O3S. The molecule has 1 aromatic rings. The normalized spacial score (nSPS) is 15.9. The van der Waals surface area contributed by atoms with Crippen molar-refractivity contribution in [3.05, 3.63) is 22.4 Å². The Labute approximate surface area is 147 Å². The summed E-state index contributed by atoms with van der Waals surface area (Å²) in [5, 5.41) is 7.64. The van der Waals surface area contributed by atoms with E-state index in [9.17, 15) is 9.59 Å². The first kappa shape index (κ1) is 18.7. The summed E-state index contributed by atoms with van der Waals surface area (Å²) in [6.45, 7) is 6.33. The first-order valence-electron chi connectivity index (χ1n) is 8.59. The number of amides is 2. The highest BCUT2D eigenvalue weighted by Gasteiger charge is 2.19. The van der Waals surface area contributed by atoms with Crippen molar-refractivity contribution < 1.29 is 14.3 Å². The van der Waals surface area contributed by atoms with Crippen LogP contribution in [0.15, 0.2) is 17.5 Å². The zero-order chi connectivity index (χ0) is 17.2. The Kier molecular flexibility index (Phi) is 8.04. The topological polar surface area (TPSA) is 70.7 Å². The molecular weight excluding hydrogens is 326 g/mol. The van der Waals surface area contributed by atoms with Gasteiger partial charge in [0.1, 0.15) is 0 Å². The molecule has 1 aliphatic heterocycles. The lowest BCUT2D eigenvalue weighted by molar-refractivity contribution is -0.121. The van der Waals surface area contributed by atoms with E-state index in [1.807, 2.05) is 0 Å². The van der Waals surface area contributed by atoms with Gasteiger partial charge < -0.3 is 15.4 Å². The summed E-state index contributed by atoms with van der Waals surface area (Å²) in [4.78, 5) is 26.8. The number of hydrogen-bond acceptors (Lipinski definition) is 5. The predicted molar refractivity (Wildman–Crippen MR) is 95.0 cm³/mol. The van der Waals surface area contributed by atoms with Gasteiger partial charge in [-0.25, -0.2) is 4.79 Å². The fourth-order valence-corrected chi connectivity index (χ4v) is 3.52. The quantitative estimate of drug-likeness (QED) is 0.752. The Balaban J connectivity index is 1.53. The lowest BCUT2D eigenvalue weighted by Crippen LogP contribution is -2.39. The first-order chi connectivity index (χ1) is 11.7. The summed E-state index contributed by atoms with van der Waals surface area (Å²) >= 11 is 1.81. The van der Waals surface area contributed by atoms with E-state index in [1.165, 1.54) is 4.88 Å². The van der Waals surface area contributed by atoms with Gasteiger partial charge in [-0.2, -0.15) is 0 Å². The molecule has 2 amide bonds. The van der Waals surface area contributed by atoms with Crippen LogP contribution in [-0.4, -0.2) is 49.7 Å². The molecule has 1 fully saturated rings. The number of thiophene rings is 1. The third kappa shape index (κ3) is 6.88. The van der Waals surface area contributed by atoms with Crippen molar-refractivity contribution in [2.75, 3.05) is 32.8 Å². The summed E-state index contributed by atoms with van der Waals surface area (Å²) in [5.41, 5.74) is 0. The molecule has 2 rings (SSSR count). The van der Waals surface area contributed by atoms with Gasteiger partial charge >= 0.3 is 6.09 Å². The van der Waals surface area contributed by atoms with Crippen LogP contribution in [0.1, 0.15) is 31.1 Å². The fraction of sp³-hybridized carbons (Fsp3) is 0.647. The van der Waals surface area contributed by atoms with E-state index in [4.69, 9.17) is 4.74 Å². The summed E-state index contributed by atoms with van der Waals surface area (Å²) < 4.78 is 4.74. The molecule has 0 aromatic carbocycles. The molecule has 1 aliphatic rings. The molecule has 1 aromatic heterocycles. The van der Waals surface area contributed by atoms with E-state index in [-0.39, 0.29) is 12.3 Å². The van der Waals surface area contributed by atoms with Crippen LogP contribution in [0.4, 0.5) is 4.79 Å². The van der Waals surface area contributed by atoms with Crippen molar-refractivity contribution in [3.63, 3.8) is 0 Å². The first-order valence-corrected chi connectivity index (χ1v) is 9.47. The van der Waals surface area contributed by atoms with Gasteiger partial charge in [-0.15, -0.1) is 11.3 Å². The van der Waals surface area contributed by atoms with Gasteiger partial charge in [-0.3, -0.25) is 9.69 Å². The van der Waals surface area contributed by atoms with Crippen molar-refractivity contribution in [2.24, 2.45) is 5.92 Å². The second-order valence-corrected chi connectivity index (χ2v) is 7.03. The van der Waals surface area contributed by atoms with Gasteiger partial charge in [0.2, 0.25) is 5.91 Å². The van der Waals surface area contributed by atoms with Crippen LogP contribution in [-0.2, 0) is 16.1 Å². The Morgan fingerprint density at radius 3 is 2.79 bits per heavy atom. The smallest absolute Gasteiger partial charge is 0.407 e. The van der Waals surface area contributed by atoms with Crippen molar-refractivity contribution in [1.82, 2.24) is 15.5 Å². The van der Waals surface area contributed by atoms with E-state index in [0.717, 1.165) is 39.0 Å². The molecule has 7 heteroatoms. The van der Waals surface area contributed by atoms with Crippen LogP contribution in [0.2, 0.25) is 0 Å². The average molecular weight is 353 g/mol. The van der Waals surface area contributed by atoms with Crippen LogP contribution in [0.3, 0.4) is 0 Å². The molecule has 2 heterocycles. The largest absolute Gasteiger partial charge is 0.450 e. The van der Waals surface area contributed by atoms with E-state index in [1.54, 1.807) is 18.3 Å². The predicted octanol–water partition coefficient (Wildman–Crippen LogP) is 2.21. The number of alkyl carbamates (subject to hydrolysis) is 1. The maximum absolute atomic E-state index is 11.8. The number of nitrogens with zero attached hydrogens (tertiary/aromatic N) is 1. The highest BCUT2D eigenvalue weighted by atomic mass is 32.1. The van der Waals surface area contributed by atoms with Crippen LogP contribution in [0.25, 0.3) is 0 Å². The SMILES string of the molecule is CCOC(=O)NCCC(=O)NCC1CCN(Cc2cccs2)CC1. The zero-order valence-corrected chi connectivity index (χ0v) is 15.1. The molecule has 1 saturated heterocycles. The molecule has 0 atom stereocenters. The van der Waals surface area contributed by atoms with Crippen molar-refractivity contribution >= 4 is 23.3 Å². The molecule has 0 aliphatic carbocycles. The van der Waals surface area contributed by atoms with Crippen LogP contribution in [0, 0.1) is 5.92 Å². The lowest BCUT2D eigenvalue weighted by Gasteiger charge is -2.31. The maximum Gasteiger partial charge on any atom is 0.407 e. The monoisotopic (exact) mass is 353 g/mol. The Bertz CT molecular complexity index is 499. The minimum Gasteiger partial charge on any atom is -0.450 e. The van der Waals surface area contributed by atoms with Crippen LogP contribution >= 0.6 is 11.3 Å². The fourth-order valence-electron chi connectivity index (χ4n) is 2.78. The van der Waals surface area contributed by atoms with Crippen LogP contribution in [0.5, 0.6) is 0 Å². The summed E-state index contributed by atoms with van der Waals surface area (Å²) in [7, 11) is 0. The minimum absolute atomic E-state index is 0.0205. The van der Waals surface area contributed by atoms with E-state index >= 15 is 0 Å². The van der Waals surface area contributed by atoms with Gasteiger partial charge in [0.05, 0.1) is 6.61 Å². The lowest BCUT2D eigenvalue weighted by atomic mass is 9.96. The summed E-state index contributed by atoms with van der Waals surface area (Å²) in [6.07, 6.45) is 2.05. The van der Waals surface area contributed by atoms with Crippen molar-refractivity contribution in [1.29, 1.82) is 0 Å². The van der Waals surface area contributed by atoms with E-state index in [0.29, 0.717) is 19.1 Å². The van der Waals surface area contributed by atoms with Crippen LogP contribution < -0.4 is 10.6 Å². The third-order valence-electron chi connectivity index (χ3n) is 4.15. The van der Waals surface area contributed by atoms with Gasteiger partial charge in [0.25, 0.3) is 0 Å². The average Bonchev–Trinajstić information content (AvgIpc) is 3.07. The summed E-state index contributed by atoms with van der Waals surface area (Å²) in [5.74, 6) is 0.527. The number of nitrogens with one attached hydrogen (secondary N) is 2. The Morgan fingerprint density at radius 1 is 1.33 bits per heavy atom. The molecule has 2 N–H and O–H groups in total. The number of likely N-dealkylation sites (tertiary alicyclic amines) is 1. The Morgan fingerprint density at radius 2 is 2.12 bits per heavy atom. The second-order valence-electron chi connectivity index (χ2n) is 6.00. The number of hydrogen-bond donors (Lipinski definition) is 2. The van der Waals surface area contributed by atoms with Gasteiger partial charge in [-0.05, 0) is 50.2 Å². The minimum atomic E-state index is -0.469. The highest BCUT2D eigenvalue weighted by Crippen LogP contribution is 2.20. The number of carbonyl (C=O) groups excluding carboxylic acids is 2. The molecule has 24 heavy (non-hydrogen) atoms. The third-order valence-corrected chi connectivity index (χ3v) is 5.01. The van der Waals surface area contributed by atoms with Gasteiger partial charge in [-0.1, -0.05) is 6.07 Å². The van der Waals surface area contributed by atoms with Crippen molar-refractivity contribution in [3.8, 4) is 0 Å². The zero-order valence-electron chi connectivity index (χ0n) is 14.3. The molecule has 134 valence electrons. The molecule has 0 bridgehead atoms. The Hall–Kier alpha value is -1.60. The van der Waals surface area contributed by atoms with Crippen molar-refractivity contribution in [2.45, 2.75) is 32.7 Å². The van der Waals surface area contributed by atoms with Gasteiger partial charge in [0.15, 0.2) is 0 Å². The standard InChI is InChI=1S/C17H27N3O3S/c1-2-23-17(22)18-8-5-16(21)19-12-14-6-9-20(10-7-14)13-15-4-3-11-24-15/h3-4,11,14H,2,5-10,12-13H2,1H3,(H,18,22)(H,19,21). The molecule has 6 nitrogen and oxygen atoms in total. The van der Waals surface area contributed by atoms with E-state index < -0.39 is 6.09 Å². The number of rotatable bonds is 8. The number of piperidine rings is 1. The molecule has 0 spiro atoms. The maximum atomic E-state index is 11.8. The highest BCUT2D eigenvalue weighted by molar-refractivity contribution is 7.09. The number of carbonyl (C=O) groups is 2. The molecule has 0 unspecified atom stereocenters. The second kappa shape index (κ2) is 10.3. The van der Waals surface area contributed by atoms with Gasteiger partial charge in [0, 0.05) is 30.9 Å². The molecule has 0 saturated carbocycles. The summed E-state index contributed by atoms with van der Waals surface area (Å²) in [6, 6.07) is 4.28. The molecule has 0 radical (unpaired) electrons. The van der Waals surface area contributed by atoms with E-state index in [2.05, 4.69) is 33.0 Å².